The molecule has 7 nitrogen and oxygen atoms in total. The van der Waals surface area contributed by atoms with Crippen molar-refractivity contribution in [2.75, 3.05) is 6.54 Å². The van der Waals surface area contributed by atoms with Gasteiger partial charge in [-0.1, -0.05) is 0 Å². The lowest BCUT2D eigenvalue weighted by molar-refractivity contribution is -0.141. The van der Waals surface area contributed by atoms with Crippen LogP contribution < -0.4 is 5.56 Å². The summed E-state index contributed by atoms with van der Waals surface area (Å²) in [6.07, 6.45) is 1.03. The van der Waals surface area contributed by atoms with Crippen molar-refractivity contribution in [3.63, 3.8) is 0 Å². The number of hydrogen-bond donors (Lipinski definition) is 0. The molecule has 1 atom stereocenters. The average molecular weight is 429 g/mol. The molecule has 0 saturated carbocycles. The van der Waals surface area contributed by atoms with E-state index in [2.05, 4.69) is 15.1 Å². The number of nitrogens with zero attached hydrogens (tertiary/aromatic N) is 5. The van der Waals surface area contributed by atoms with Crippen LogP contribution in [0.2, 0.25) is 0 Å². The SMILES string of the molecule is O=C(c1ccc(C(F)(F)F)nc1)N1CCCC1Cn1nc(-c2cccnc2)ccc1=O. The minimum absolute atomic E-state index is 0.0734. The lowest BCUT2D eigenvalue weighted by Crippen LogP contribution is -2.40. The third-order valence-corrected chi connectivity index (χ3v) is 5.15. The van der Waals surface area contributed by atoms with Gasteiger partial charge in [0.1, 0.15) is 5.69 Å². The lowest BCUT2D eigenvalue weighted by atomic mass is 10.2. The van der Waals surface area contributed by atoms with Gasteiger partial charge >= 0.3 is 6.18 Å². The fourth-order valence-electron chi connectivity index (χ4n) is 3.59. The van der Waals surface area contributed by atoms with Gasteiger partial charge in [0.05, 0.1) is 23.8 Å². The van der Waals surface area contributed by atoms with Crippen LogP contribution >= 0.6 is 0 Å². The highest BCUT2D eigenvalue weighted by Crippen LogP contribution is 2.28. The van der Waals surface area contributed by atoms with Crippen molar-refractivity contribution in [2.45, 2.75) is 31.6 Å². The van der Waals surface area contributed by atoms with Crippen LogP contribution in [0.1, 0.15) is 28.9 Å². The molecule has 3 aromatic rings. The molecule has 0 aliphatic carbocycles. The van der Waals surface area contributed by atoms with Crippen molar-refractivity contribution in [1.82, 2.24) is 24.6 Å². The maximum Gasteiger partial charge on any atom is 0.433 e. The molecule has 10 heteroatoms. The van der Waals surface area contributed by atoms with Crippen LogP contribution in [0.4, 0.5) is 13.2 Å². The van der Waals surface area contributed by atoms with Crippen molar-refractivity contribution in [2.24, 2.45) is 0 Å². The number of amides is 1. The molecule has 31 heavy (non-hydrogen) atoms. The molecule has 1 aliphatic rings. The number of pyridine rings is 2. The molecule has 3 aromatic heterocycles. The Hall–Kier alpha value is -3.56. The summed E-state index contributed by atoms with van der Waals surface area (Å²) in [6, 6.07) is 8.24. The Morgan fingerprint density at radius 3 is 2.65 bits per heavy atom. The Bertz CT molecular complexity index is 1130. The first kappa shape index (κ1) is 20.7. The Morgan fingerprint density at radius 2 is 1.97 bits per heavy atom. The smallest absolute Gasteiger partial charge is 0.334 e. The third-order valence-electron chi connectivity index (χ3n) is 5.15. The van der Waals surface area contributed by atoms with E-state index < -0.39 is 17.8 Å². The first-order valence-electron chi connectivity index (χ1n) is 9.66. The third kappa shape index (κ3) is 4.47. The molecule has 0 aromatic carbocycles. The zero-order chi connectivity index (χ0) is 22.0. The molecule has 4 rings (SSSR count). The first-order valence-corrected chi connectivity index (χ1v) is 9.66. The minimum Gasteiger partial charge on any atom is -0.334 e. The van der Waals surface area contributed by atoms with Crippen molar-refractivity contribution < 1.29 is 18.0 Å². The summed E-state index contributed by atoms with van der Waals surface area (Å²) in [4.78, 5) is 34.2. The van der Waals surface area contributed by atoms with Crippen molar-refractivity contribution >= 4 is 5.91 Å². The van der Waals surface area contributed by atoms with Crippen LogP contribution in [-0.2, 0) is 12.7 Å². The molecule has 160 valence electrons. The van der Waals surface area contributed by atoms with Crippen LogP contribution in [-0.4, -0.2) is 43.1 Å². The summed E-state index contributed by atoms with van der Waals surface area (Å²) in [7, 11) is 0. The van der Waals surface area contributed by atoms with Crippen LogP contribution in [0.15, 0.2) is 59.8 Å². The molecule has 1 amide bonds. The van der Waals surface area contributed by atoms with E-state index in [0.29, 0.717) is 18.7 Å². The van der Waals surface area contributed by atoms with Gasteiger partial charge < -0.3 is 4.90 Å². The molecular weight excluding hydrogens is 411 g/mol. The zero-order valence-electron chi connectivity index (χ0n) is 16.3. The van der Waals surface area contributed by atoms with Crippen LogP contribution in [0.5, 0.6) is 0 Å². The summed E-state index contributed by atoms with van der Waals surface area (Å²) < 4.78 is 39.5. The van der Waals surface area contributed by atoms with E-state index >= 15 is 0 Å². The van der Waals surface area contributed by atoms with E-state index in [1.54, 1.807) is 29.4 Å². The highest BCUT2D eigenvalue weighted by atomic mass is 19.4. The fourth-order valence-corrected chi connectivity index (χ4v) is 3.59. The first-order chi connectivity index (χ1) is 14.8. The molecule has 0 bridgehead atoms. The second-order valence-corrected chi connectivity index (χ2v) is 7.21. The highest BCUT2D eigenvalue weighted by molar-refractivity contribution is 5.94. The Kier molecular flexibility index (Phi) is 5.53. The van der Waals surface area contributed by atoms with Crippen molar-refractivity contribution in [3.8, 4) is 11.3 Å². The average Bonchev–Trinajstić information content (AvgIpc) is 3.23. The number of halogens is 3. The summed E-state index contributed by atoms with van der Waals surface area (Å²) in [6.45, 7) is 0.633. The van der Waals surface area contributed by atoms with Gasteiger partial charge in [0.2, 0.25) is 0 Å². The molecule has 1 fully saturated rings. The van der Waals surface area contributed by atoms with E-state index in [0.717, 1.165) is 30.3 Å². The highest BCUT2D eigenvalue weighted by Gasteiger charge is 2.34. The number of likely N-dealkylation sites (tertiary alicyclic amines) is 1. The normalized spacial score (nSPS) is 16.5. The van der Waals surface area contributed by atoms with Gasteiger partial charge in [0.15, 0.2) is 0 Å². The predicted octanol–water partition coefficient (Wildman–Crippen LogP) is 3.02. The van der Waals surface area contributed by atoms with Gasteiger partial charge in [0, 0.05) is 36.8 Å². The van der Waals surface area contributed by atoms with E-state index in [9.17, 15) is 22.8 Å². The number of carbonyl (C=O) groups is 1. The van der Waals surface area contributed by atoms with Gasteiger partial charge in [0.25, 0.3) is 11.5 Å². The maximum atomic E-state index is 12.9. The standard InChI is InChI=1S/C21H18F3N5O2/c22-21(23,24)18-7-5-15(12-26-18)20(31)28-10-2-4-16(28)13-29-19(30)8-6-17(27-29)14-3-1-9-25-11-14/h1,3,5-9,11-12,16H,2,4,10,13H2. The van der Waals surface area contributed by atoms with E-state index in [-0.39, 0.29) is 23.7 Å². The van der Waals surface area contributed by atoms with E-state index in [1.165, 1.54) is 10.7 Å². The van der Waals surface area contributed by atoms with Crippen LogP contribution in [0.25, 0.3) is 11.3 Å². The molecule has 0 radical (unpaired) electrons. The minimum atomic E-state index is -4.57. The molecule has 4 heterocycles. The van der Waals surface area contributed by atoms with Gasteiger partial charge in [-0.2, -0.15) is 18.3 Å². The molecule has 1 aliphatic heterocycles. The summed E-state index contributed by atoms with van der Waals surface area (Å²) >= 11 is 0. The summed E-state index contributed by atoms with van der Waals surface area (Å²) in [5.74, 6) is -0.416. The monoisotopic (exact) mass is 429 g/mol. The molecule has 0 spiro atoms. The zero-order valence-corrected chi connectivity index (χ0v) is 16.3. The van der Waals surface area contributed by atoms with Gasteiger partial charge in [-0.05, 0) is 43.2 Å². The van der Waals surface area contributed by atoms with Gasteiger partial charge in [-0.15, -0.1) is 0 Å². The second-order valence-electron chi connectivity index (χ2n) is 7.21. The van der Waals surface area contributed by atoms with Crippen LogP contribution in [0.3, 0.4) is 0 Å². The Balaban J connectivity index is 1.54. The van der Waals surface area contributed by atoms with E-state index in [4.69, 9.17) is 0 Å². The number of hydrogen-bond acceptors (Lipinski definition) is 5. The summed E-state index contributed by atoms with van der Waals surface area (Å²) in [5, 5.41) is 4.40. The number of carbonyl (C=O) groups excluding carboxylic acids is 1. The van der Waals surface area contributed by atoms with E-state index in [1.807, 2.05) is 6.07 Å². The maximum absolute atomic E-state index is 12.9. The summed E-state index contributed by atoms with van der Waals surface area (Å²) in [5.41, 5.74) is 0.0550. The van der Waals surface area contributed by atoms with Crippen LogP contribution in [0, 0.1) is 0 Å². The molecule has 1 saturated heterocycles. The molecule has 1 unspecified atom stereocenters. The largest absolute Gasteiger partial charge is 0.433 e. The number of rotatable bonds is 4. The number of alkyl halides is 3. The molecule has 0 N–H and O–H groups in total. The quantitative estimate of drug-likeness (QED) is 0.637. The second kappa shape index (κ2) is 8.29. The predicted molar refractivity (Wildman–Crippen MR) is 105 cm³/mol. The Labute approximate surface area is 175 Å². The van der Waals surface area contributed by atoms with Gasteiger partial charge in [-0.3, -0.25) is 19.6 Å². The van der Waals surface area contributed by atoms with Crippen molar-refractivity contribution in [3.05, 3.63) is 76.6 Å². The number of aromatic nitrogens is 4. The van der Waals surface area contributed by atoms with Gasteiger partial charge in [-0.25, -0.2) is 4.68 Å². The Morgan fingerprint density at radius 1 is 1.13 bits per heavy atom. The fraction of sp³-hybridized carbons (Fsp3) is 0.286. The lowest BCUT2D eigenvalue weighted by Gasteiger charge is -2.25. The topological polar surface area (TPSA) is 81.0 Å². The molecular formula is C21H18F3N5O2. The van der Waals surface area contributed by atoms with Crippen molar-refractivity contribution in [1.29, 1.82) is 0 Å².